The van der Waals surface area contributed by atoms with Gasteiger partial charge in [-0.15, -0.1) is 11.3 Å². The Bertz CT molecular complexity index is 713. The Morgan fingerprint density at radius 3 is 3.04 bits per heavy atom. The third-order valence-corrected chi connectivity index (χ3v) is 4.54. The lowest BCUT2D eigenvalue weighted by Gasteiger charge is -2.23. The monoisotopic (exact) mass is 330 g/mol. The van der Waals surface area contributed by atoms with Gasteiger partial charge in [-0.1, -0.05) is 6.07 Å². The third kappa shape index (κ3) is 3.90. The van der Waals surface area contributed by atoms with Gasteiger partial charge in [-0.05, 0) is 49.4 Å². The van der Waals surface area contributed by atoms with Crippen LogP contribution in [-0.2, 0) is 16.0 Å². The zero-order valence-corrected chi connectivity index (χ0v) is 13.6. The molecule has 5 nitrogen and oxygen atoms in total. The predicted molar refractivity (Wildman–Crippen MR) is 91.0 cm³/mol. The number of hydrogen-bond acceptors (Lipinski definition) is 4. The smallest absolute Gasteiger partial charge is 0.265 e. The van der Waals surface area contributed by atoms with E-state index in [1.54, 1.807) is 36.5 Å². The molecule has 2 aromatic rings. The summed E-state index contributed by atoms with van der Waals surface area (Å²) in [7, 11) is 0. The molecule has 0 radical (unpaired) electrons. The number of carbonyl (C=O) groups is 2. The number of nitrogens with one attached hydrogen (secondary N) is 2. The highest BCUT2D eigenvalue weighted by Gasteiger charge is 2.23. The van der Waals surface area contributed by atoms with Crippen LogP contribution in [-0.4, -0.2) is 17.9 Å². The molecule has 120 valence electrons. The zero-order valence-electron chi connectivity index (χ0n) is 12.8. The summed E-state index contributed by atoms with van der Waals surface area (Å²) in [4.78, 5) is 24.9. The first kappa shape index (κ1) is 15.6. The first-order valence-electron chi connectivity index (χ1n) is 7.55. The van der Waals surface area contributed by atoms with Crippen molar-refractivity contribution in [2.45, 2.75) is 32.3 Å². The van der Waals surface area contributed by atoms with Crippen LogP contribution in [0, 0.1) is 0 Å². The molecule has 0 saturated carbocycles. The van der Waals surface area contributed by atoms with Crippen LogP contribution in [0.15, 0.2) is 35.7 Å². The summed E-state index contributed by atoms with van der Waals surface area (Å²) in [5, 5.41) is 7.67. The van der Waals surface area contributed by atoms with Crippen LogP contribution in [0.5, 0.6) is 5.75 Å². The first-order valence-corrected chi connectivity index (χ1v) is 8.43. The van der Waals surface area contributed by atoms with E-state index in [-0.39, 0.29) is 11.8 Å². The Balaban J connectivity index is 1.54. The van der Waals surface area contributed by atoms with Gasteiger partial charge in [0, 0.05) is 17.0 Å². The summed E-state index contributed by atoms with van der Waals surface area (Å²) in [5.41, 5.74) is 1.24. The fourth-order valence-corrected chi connectivity index (χ4v) is 3.14. The Hall–Kier alpha value is -2.34. The van der Waals surface area contributed by atoms with E-state index >= 15 is 0 Å². The molecule has 0 bridgehead atoms. The van der Waals surface area contributed by atoms with Crippen molar-refractivity contribution in [2.24, 2.45) is 0 Å². The van der Waals surface area contributed by atoms with E-state index in [0.717, 1.165) is 12.8 Å². The number of anilines is 2. The molecule has 1 aromatic carbocycles. The minimum absolute atomic E-state index is 0.0297. The predicted octanol–water partition coefficient (Wildman–Crippen LogP) is 3.43. The van der Waals surface area contributed by atoms with Crippen molar-refractivity contribution in [3.8, 4) is 5.75 Å². The van der Waals surface area contributed by atoms with Gasteiger partial charge >= 0.3 is 0 Å². The Morgan fingerprint density at radius 1 is 1.39 bits per heavy atom. The minimum Gasteiger partial charge on any atom is -0.479 e. The topological polar surface area (TPSA) is 67.4 Å². The van der Waals surface area contributed by atoms with Gasteiger partial charge in [0.15, 0.2) is 6.10 Å². The maximum absolute atomic E-state index is 12.0. The lowest BCUT2D eigenvalue weighted by molar-refractivity contribution is -0.122. The second-order valence-corrected chi connectivity index (χ2v) is 6.47. The summed E-state index contributed by atoms with van der Waals surface area (Å²) in [6, 6.07) is 9.35. The Kier molecular flexibility index (Phi) is 4.62. The lowest BCUT2D eigenvalue weighted by atomic mass is 10.2. The standard InChI is InChI=1S/C17H18N2O3S/c1-11-17(21)19-14-10-12(7-8-15(14)22-11)18-16(20)6-2-4-13-5-3-9-23-13/h3,5,7-11H,2,4,6H2,1H3,(H,18,20)(H,19,21)/t11-/m0/s1. The number of amides is 2. The Labute approximate surface area is 138 Å². The maximum Gasteiger partial charge on any atom is 0.265 e. The first-order chi connectivity index (χ1) is 11.1. The van der Waals surface area contributed by atoms with E-state index in [0.29, 0.717) is 23.5 Å². The second-order valence-electron chi connectivity index (χ2n) is 5.44. The number of hydrogen-bond donors (Lipinski definition) is 2. The van der Waals surface area contributed by atoms with Gasteiger partial charge in [0.25, 0.3) is 5.91 Å². The maximum atomic E-state index is 12.0. The van der Waals surface area contributed by atoms with Crippen LogP contribution in [0.1, 0.15) is 24.6 Å². The van der Waals surface area contributed by atoms with Crippen LogP contribution < -0.4 is 15.4 Å². The van der Waals surface area contributed by atoms with Crippen LogP contribution >= 0.6 is 11.3 Å². The molecule has 0 spiro atoms. The van der Waals surface area contributed by atoms with Crippen molar-refractivity contribution in [1.82, 2.24) is 0 Å². The largest absolute Gasteiger partial charge is 0.479 e. The van der Waals surface area contributed by atoms with E-state index in [2.05, 4.69) is 16.7 Å². The fourth-order valence-electron chi connectivity index (χ4n) is 2.39. The summed E-state index contributed by atoms with van der Waals surface area (Å²) in [5.74, 6) is 0.405. The summed E-state index contributed by atoms with van der Waals surface area (Å²) in [6.07, 6.45) is 1.70. The van der Waals surface area contributed by atoms with Gasteiger partial charge in [-0.2, -0.15) is 0 Å². The molecule has 1 atom stereocenters. The molecule has 2 N–H and O–H groups in total. The van der Waals surface area contributed by atoms with Crippen molar-refractivity contribution in [3.63, 3.8) is 0 Å². The normalized spacial score (nSPS) is 16.2. The summed E-state index contributed by atoms with van der Waals surface area (Å²) >= 11 is 1.71. The van der Waals surface area contributed by atoms with E-state index < -0.39 is 6.10 Å². The van der Waals surface area contributed by atoms with Gasteiger partial charge in [0.2, 0.25) is 5.91 Å². The van der Waals surface area contributed by atoms with Crippen molar-refractivity contribution in [1.29, 1.82) is 0 Å². The van der Waals surface area contributed by atoms with Crippen molar-refractivity contribution >= 4 is 34.5 Å². The Morgan fingerprint density at radius 2 is 2.26 bits per heavy atom. The number of fused-ring (bicyclic) bond motifs is 1. The second kappa shape index (κ2) is 6.83. The molecule has 1 aromatic heterocycles. The van der Waals surface area contributed by atoms with E-state index in [1.165, 1.54) is 4.88 Å². The fraction of sp³-hybridized carbons (Fsp3) is 0.294. The van der Waals surface area contributed by atoms with Gasteiger partial charge in [-0.25, -0.2) is 0 Å². The highest BCUT2D eigenvalue weighted by atomic mass is 32.1. The third-order valence-electron chi connectivity index (χ3n) is 3.60. The number of benzene rings is 1. The SMILES string of the molecule is C[C@@H]1Oc2ccc(NC(=O)CCCc3cccs3)cc2NC1=O. The highest BCUT2D eigenvalue weighted by Crippen LogP contribution is 2.32. The molecule has 0 aliphatic carbocycles. The van der Waals surface area contributed by atoms with Crippen LogP contribution in [0.4, 0.5) is 11.4 Å². The van der Waals surface area contributed by atoms with Crippen molar-refractivity contribution < 1.29 is 14.3 Å². The molecule has 3 rings (SSSR count). The number of rotatable bonds is 5. The zero-order chi connectivity index (χ0) is 16.2. The molecular weight excluding hydrogens is 312 g/mol. The van der Waals surface area contributed by atoms with Crippen LogP contribution in [0.3, 0.4) is 0 Å². The molecule has 1 aliphatic heterocycles. The molecule has 2 heterocycles. The molecule has 1 aliphatic rings. The number of ether oxygens (including phenoxy) is 1. The average Bonchev–Trinajstić information content (AvgIpc) is 3.02. The number of thiophene rings is 1. The molecular formula is C17H18N2O3S. The molecule has 2 amide bonds. The van der Waals surface area contributed by atoms with Gasteiger partial charge in [0.05, 0.1) is 5.69 Å². The molecule has 0 saturated heterocycles. The summed E-state index contributed by atoms with van der Waals surface area (Å²) < 4.78 is 5.49. The van der Waals surface area contributed by atoms with Gasteiger partial charge in [-0.3, -0.25) is 9.59 Å². The summed E-state index contributed by atoms with van der Waals surface area (Å²) in [6.45, 7) is 1.70. The van der Waals surface area contributed by atoms with Gasteiger partial charge in [0.1, 0.15) is 5.75 Å². The van der Waals surface area contributed by atoms with Crippen molar-refractivity contribution in [2.75, 3.05) is 10.6 Å². The molecule has 0 unspecified atom stereocenters. The molecule has 0 fully saturated rings. The molecule has 6 heteroatoms. The number of aryl methyl sites for hydroxylation is 1. The quantitative estimate of drug-likeness (QED) is 0.882. The van der Waals surface area contributed by atoms with Crippen molar-refractivity contribution in [3.05, 3.63) is 40.6 Å². The van der Waals surface area contributed by atoms with Crippen LogP contribution in [0.2, 0.25) is 0 Å². The highest BCUT2D eigenvalue weighted by molar-refractivity contribution is 7.09. The number of carbonyl (C=O) groups excluding carboxylic acids is 2. The van der Waals surface area contributed by atoms with Gasteiger partial charge < -0.3 is 15.4 Å². The van der Waals surface area contributed by atoms with E-state index in [9.17, 15) is 9.59 Å². The lowest BCUT2D eigenvalue weighted by Crippen LogP contribution is -2.34. The van der Waals surface area contributed by atoms with E-state index in [1.807, 2.05) is 11.4 Å². The van der Waals surface area contributed by atoms with Crippen LogP contribution in [0.25, 0.3) is 0 Å². The molecule has 23 heavy (non-hydrogen) atoms. The minimum atomic E-state index is -0.500. The van der Waals surface area contributed by atoms with E-state index in [4.69, 9.17) is 4.74 Å². The average molecular weight is 330 g/mol.